The van der Waals surface area contributed by atoms with Crippen LogP contribution in [0.4, 0.5) is 0 Å². The third kappa shape index (κ3) is 3.80. The van der Waals surface area contributed by atoms with E-state index in [1.807, 2.05) is 0 Å². The Morgan fingerprint density at radius 3 is 2.32 bits per heavy atom. The van der Waals surface area contributed by atoms with E-state index in [0.29, 0.717) is 0 Å². The maximum absolute atomic E-state index is 5.72. The quantitative estimate of drug-likeness (QED) is 0.575. The molecule has 0 saturated heterocycles. The van der Waals surface area contributed by atoms with Crippen molar-refractivity contribution in [3.8, 4) is 11.3 Å². The summed E-state index contributed by atoms with van der Waals surface area (Å²) in [6.45, 7) is 9.71. The van der Waals surface area contributed by atoms with Gasteiger partial charge in [0.15, 0.2) is 0 Å². The zero-order chi connectivity index (χ0) is 18.0. The molecule has 2 aromatic carbocycles. The third-order valence-electron chi connectivity index (χ3n) is 4.99. The zero-order valence-corrected chi connectivity index (χ0v) is 15.9. The molecular formula is C23H30N2. The smallest absolute Gasteiger partial charge is 0.0497 e. The van der Waals surface area contributed by atoms with Crippen molar-refractivity contribution in [2.75, 3.05) is 6.54 Å². The predicted molar refractivity (Wildman–Crippen MR) is 109 cm³/mol. The van der Waals surface area contributed by atoms with Gasteiger partial charge >= 0.3 is 0 Å². The summed E-state index contributed by atoms with van der Waals surface area (Å²) >= 11 is 0. The Labute approximate surface area is 151 Å². The molecule has 0 amide bonds. The van der Waals surface area contributed by atoms with Gasteiger partial charge in [0, 0.05) is 16.6 Å². The number of H-pyrrole nitrogens is 1. The fourth-order valence-electron chi connectivity index (χ4n) is 3.39. The number of hydrogen-bond donors (Lipinski definition) is 2. The van der Waals surface area contributed by atoms with E-state index in [4.69, 9.17) is 5.73 Å². The summed E-state index contributed by atoms with van der Waals surface area (Å²) in [5.41, 5.74) is 13.7. The Morgan fingerprint density at radius 1 is 0.960 bits per heavy atom. The van der Waals surface area contributed by atoms with Crippen LogP contribution in [0.2, 0.25) is 0 Å². The average Bonchev–Trinajstić information content (AvgIpc) is 2.93. The lowest BCUT2D eigenvalue weighted by Crippen LogP contribution is -2.10. The molecule has 0 aliphatic heterocycles. The second-order valence-corrected chi connectivity index (χ2v) is 8.10. The van der Waals surface area contributed by atoms with Crippen LogP contribution in [0, 0.1) is 6.92 Å². The van der Waals surface area contributed by atoms with Crippen LogP contribution in [0.15, 0.2) is 42.5 Å². The molecule has 25 heavy (non-hydrogen) atoms. The topological polar surface area (TPSA) is 41.8 Å². The number of aromatic nitrogens is 1. The fourth-order valence-corrected chi connectivity index (χ4v) is 3.39. The van der Waals surface area contributed by atoms with Gasteiger partial charge in [-0.25, -0.2) is 0 Å². The van der Waals surface area contributed by atoms with Crippen molar-refractivity contribution in [2.24, 2.45) is 5.73 Å². The highest BCUT2D eigenvalue weighted by Crippen LogP contribution is 2.34. The molecule has 132 valence electrons. The molecule has 0 spiro atoms. The molecule has 0 radical (unpaired) electrons. The van der Waals surface area contributed by atoms with E-state index in [0.717, 1.165) is 25.8 Å². The van der Waals surface area contributed by atoms with E-state index in [-0.39, 0.29) is 5.41 Å². The van der Waals surface area contributed by atoms with E-state index < -0.39 is 0 Å². The molecule has 2 nitrogen and oxygen atoms in total. The summed E-state index contributed by atoms with van der Waals surface area (Å²) in [6.07, 6.45) is 3.26. The molecule has 2 heteroatoms. The number of unbranched alkanes of at least 4 members (excludes halogenated alkanes) is 1. The van der Waals surface area contributed by atoms with Gasteiger partial charge in [-0.3, -0.25) is 0 Å². The summed E-state index contributed by atoms with van der Waals surface area (Å²) < 4.78 is 0. The lowest BCUT2D eigenvalue weighted by Gasteiger charge is -2.19. The van der Waals surface area contributed by atoms with Gasteiger partial charge in [0.1, 0.15) is 0 Å². The van der Waals surface area contributed by atoms with E-state index in [9.17, 15) is 0 Å². The van der Waals surface area contributed by atoms with Crippen LogP contribution in [0.5, 0.6) is 0 Å². The monoisotopic (exact) mass is 334 g/mol. The molecule has 0 saturated carbocycles. The molecule has 0 unspecified atom stereocenters. The molecule has 3 rings (SSSR count). The predicted octanol–water partition coefficient (Wildman–Crippen LogP) is 5.72. The molecule has 3 N–H and O–H groups in total. The highest BCUT2D eigenvalue weighted by molar-refractivity contribution is 5.91. The van der Waals surface area contributed by atoms with Gasteiger partial charge in [0.2, 0.25) is 0 Å². The number of hydrogen-bond acceptors (Lipinski definition) is 1. The minimum Gasteiger partial charge on any atom is -0.354 e. The molecule has 0 aliphatic carbocycles. The second-order valence-electron chi connectivity index (χ2n) is 8.10. The van der Waals surface area contributed by atoms with E-state index in [1.165, 1.54) is 38.9 Å². The van der Waals surface area contributed by atoms with Crippen molar-refractivity contribution in [3.63, 3.8) is 0 Å². The molecule has 0 fully saturated rings. The number of benzene rings is 2. The summed E-state index contributed by atoms with van der Waals surface area (Å²) in [5, 5.41) is 1.36. The minimum atomic E-state index is 0.157. The first kappa shape index (κ1) is 17.8. The highest BCUT2D eigenvalue weighted by atomic mass is 14.7. The Morgan fingerprint density at radius 2 is 1.68 bits per heavy atom. The summed E-state index contributed by atoms with van der Waals surface area (Å²) in [6, 6.07) is 15.7. The Hall–Kier alpha value is -2.06. The van der Waals surface area contributed by atoms with Gasteiger partial charge in [0.25, 0.3) is 0 Å². The number of aryl methyl sites for hydroxylation is 2. The number of rotatable bonds is 5. The average molecular weight is 335 g/mol. The SMILES string of the molecule is Cc1ccc(-c2[nH]c3ccc(C(C)(C)C)cc3c2CCCCN)cc1. The van der Waals surface area contributed by atoms with E-state index >= 15 is 0 Å². The lowest BCUT2D eigenvalue weighted by molar-refractivity contribution is 0.591. The number of fused-ring (bicyclic) bond motifs is 1. The van der Waals surface area contributed by atoms with Crippen molar-refractivity contribution in [2.45, 2.75) is 52.4 Å². The summed E-state index contributed by atoms with van der Waals surface area (Å²) in [4.78, 5) is 3.67. The highest BCUT2D eigenvalue weighted by Gasteiger charge is 2.18. The molecule has 1 heterocycles. The Balaban J connectivity index is 2.14. The number of aromatic amines is 1. The fraction of sp³-hybridized carbons (Fsp3) is 0.391. The van der Waals surface area contributed by atoms with Gasteiger partial charge in [-0.2, -0.15) is 0 Å². The van der Waals surface area contributed by atoms with Gasteiger partial charge in [-0.05, 0) is 67.0 Å². The second kappa shape index (κ2) is 7.05. The summed E-state index contributed by atoms with van der Waals surface area (Å²) in [7, 11) is 0. The maximum atomic E-state index is 5.72. The molecule has 0 bridgehead atoms. The maximum Gasteiger partial charge on any atom is 0.0497 e. The normalized spacial score (nSPS) is 12.0. The first-order valence-corrected chi connectivity index (χ1v) is 9.32. The van der Waals surface area contributed by atoms with Crippen molar-refractivity contribution in [1.29, 1.82) is 0 Å². The van der Waals surface area contributed by atoms with Crippen LogP contribution in [-0.4, -0.2) is 11.5 Å². The summed E-state index contributed by atoms with van der Waals surface area (Å²) in [5.74, 6) is 0. The molecular weight excluding hydrogens is 304 g/mol. The van der Waals surface area contributed by atoms with Crippen molar-refractivity contribution in [3.05, 3.63) is 59.2 Å². The first-order chi connectivity index (χ1) is 11.9. The van der Waals surface area contributed by atoms with Crippen LogP contribution in [0.3, 0.4) is 0 Å². The van der Waals surface area contributed by atoms with Crippen LogP contribution in [0.25, 0.3) is 22.2 Å². The van der Waals surface area contributed by atoms with E-state index in [1.54, 1.807) is 0 Å². The minimum absolute atomic E-state index is 0.157. The zero-order valence-electron chi connectivity index (χ0n) is 15.9. The molecule has 0 aliphatic rings. The Kier molecular flexibility index (Phi) is 5.01. The van der Waals surface area contributed by atoms with Crippen LogP contribution < -0.4 is 5.73 Å². The molecule has 1 aromatic heterocycles. The standard InChI is InChI=1S/C23H30N2/c1-16-8-10-17(11-9-16)22-19(7-5-6-14-24)20-15-18(23(2,3)4)12-13-21(20)25-22/h8-13,15,25H,5-7,14,24H2,1-4H3. The van der Waals surface area contributed by atoms with Crippen molar-refractivity contribution < 1.29 is 0 Å². The van der Waals surface area contributed by atoms with Gasteiger partial charge in [-0.15, -0.1) is 0 Å². The van der Waals surface area contributed by atoms with Crippen LogP contribution >= 0.6 is 0 Å². The Bertz CT molecular complexity index is 848. The first-order valence-electron chi connectivity index (χ1n) is 9.32. The third-order valence-corrected chi connectivity index (χ3v) is 4.99. The largest absolute Gasteiger partial charge is 0.354 e. The van der Waals surface area contributed by atoms with Gasteiger partial charge < -0.3 is 10.7 Å². The van der Waals surface area contributed by atoms with Crippen molar-refractivity contribution in [1.82, 2.24) is 4.98 Å². The molecule has 3 aromatic rings. The van der Waals surface area contributed by atoms with Crippen LogP contribution in [-0.2, 0) is 11.8 Å². The molecule has 0 atom stereocenters. The van der Waals surface area contributed by atoms with E-state index in [2.05, 4.69) is 75.1 Å². The lowest BCUT2D eigenvalue weighted by atomic mass is 9.86. The number of nitrogens with one attached hydrogen (secondary N) is 1. The number of nitrogens with two attached hydrogens (primary N) is 1. The van der Waals surface area contributed by atoms with Gasteiger partial charge in [0.05, 0.1) is 0 Å². The van der Waals surface area contributed by atoms with Gasteiger partial charge in [-0.1, -0.05) is 56.7 Å². The van der Waals surface area contributed by atoms with Crippen molar-refractivity contribution >= 4 is 10.9 Å². The van der Waals surface area contributed by atoms with Crippen LogP contribution in [0.1, 0.15) is 50.3 Å².